The molecule has 1 heterocycles. The molecule has 0 radical (unpaired) electrons. The summed E-state index contributed by atoms with van der Waals surface area (Å²) in [6.07, 6.45) is 0. The number of halogens is 2. The van der Waals surface area contributed by atoms with Gasteiger partial charge < -0.3 is 15.0 Å². The average Bonchev–Trinajstić information content (AvgIpc) is 2.83. The van der Waals surface area contributed by atoms with Crippen LogP contribution in [0.25, 0.3) is 10.9 Å². The molecule has 0 saturated heterocycles. The van der Waals surface area contributed by atoms with Gasteiger partial charge in [-0.05, 0) is 61.9 Å². The first-order valence-corrected chi connectivity index (χ1v) is 7.39. The lowest BCUT2D eigenvalue weighted by Gasteiger charge is -2.08. The second-order valence-corrected chi connectivity index (χ2v) is 5.49. The van der Waals surface area contributed by atoms with Crippen LogP contribution in [0.2, 0.25) is 0 Å². The first-order chi connectivity index (χ1) is 11.4. The minimum atomic E-state index is -2.87. The van der Waals surface area contributed by atoms with Gasteiger partial charge in [0.1, 0.15) is 5.75 Å². The van der Waals surface area contributed by atoms with Gasteiger partial charge in [0.05, 0.1) is 0 Å². The summed E-state index contributed by atoms with van der Waals surface area (Å²) in [5.41, 5.74) is 4.18. The zero-order chi connectivity index (χ0) is 17.3. The van der Waals surface area contributed by atoms with Gasteiger partial charge in [0.15, 0.2) is 0 Å². The number of nitrogens with one attached hydrogen (secondary N) is 2. The predicted molar refractivity (Wildman–Crippen MR) is 88.8 cm³/mol. The monoisotopic (exact) mass is 330 g/mol. The van der Waals surface area contributed by atoms with E-state index in [-0.39, 0.29) is 11.7 Å². The number of rotatable bonds is 4. The largest absolute Gasteiger partial charge is 0.435 e. The van der Waals surface area contributed by atoms with Crippen LogP contribution in [0.4, 0.5) is 14.5 Å². The fourth-order valence-corrected chi connectivity index (χ4v) is 2.53. The number of amides is 1. The van der Waals surface area contributed by atoms with Crippen molar-refractivity contribution in [3.05, 3.63) is 59.3 Å². The number of fused-ring (bicyclic) bond motifs is 1. The molecule has 0 bridgehead atoms. The van der Waals surface area contributed by atoms with E-state index in [2.05, 4.69) is 15.0 Å². The second-order valence-electron chi connectivity index (χ2n) is 5.49. The van der Waals surface area contributed by atoms with Crippen LogP contribution in [-0.4, -0.2) is 17.5 Å². The van der Waals surface area contributed by atoms with Crippen molar-refractivity contribution >= 4 is 22.5 Å². The van der Waals surface area contributed by atoms with E-state index in [1.54, 1.807) is 6.07 Å². The Morgan fingerprint density at radius 1 is 1.12 bits per heavy atom. The molecule has 0 saturated carbocycles. The fourth-order valence-electron chi connectivity index (χ4n) is 2.53. The van der Waals surface area contributed by atoms with Crippen LogP contribution in [0.5, 0.6) is 5.75 Å². The first kappa shape index (κ1) is 16.0. The molecule has 2 N–H and O–H groups in total. The summed E-state index contributed by atoms with van der Waals surface area (Å²) in [4.78, 5) is 15.6. The number of carbonyl (C=O) groups excluding carboxylic acids is 1. The van der Waals surface area contributed by atoms with Crippen molar-refractivity contribution in [3.8, 4) is 5.75 Å². The van der Waals surface area contributed by atoms with E-state index < -0.39 is 6.61 Å². The highest BCUT2D eigenvalue weighted by atomic mass is 19.3. The van der Waals surface area contributed by atoms with Crippen LogP contribution in [-0.2, 0) is 0 Å². The number of aryl methyl sites for hydroxylation is 2. The summed E-state index contributed by atoms with van der Waals surface area (Å²) in [5, 5.41) is 3.74. The standard InChI is InChI=1S/C18H16F2N2O2/c1-10-11(2)21-16-8-3-12(9-15(10)16)17(23)22-13-4-6-14(7-5-13)24-18(19)20/h3-9,18,21H,1-2H3,(H,22,23). The molecule has 0 spiro atoms. The predicted octanol–water partition coefficient (Wildman–Crippen LogP) is 4.64. The molecule has 0 unspecified atom stereocenters. The molecule has 124 valence electrons. The molecule has 1 aromatic heterocycles. The van der Waals surface area contributed by atoms with E-state index in [1.165, 1.54) is 24.3 Å². The maximum absolute atomic E-state index is 12.4. The van der Waals surface area contributed by atoms with Gasteiger partial charge in [0.25, 0.3) is 5.91 Å². The molecule has 4 nitrogen and oxygen atoms in total. The lowest BCUT2D eigenvalue weighted by Crippen LogP contribution is -2.11. The highest BCUT2D eigenvalue weighted by molar-refractivity contribution is 6.06. The van der Waals surface area contributed by atoms with Crippen LogP contribution in [0.1, 0.15) is 21.6 Å². The summed E-state index contributed by atoms with van der Waals surface area (Å²) in [7, 11) is 0. The van der Waals surface area contributed by atoms with Crippen LogP contribution >= 0.6 is 0 Å². The maximum atomic E-state index is 12.4. The SMILES string of the molecule is Cc1[nH]c2ccc(C(=O)Nc3ccc(OC(F)F)cc3)cc2c1C. The van der Waals surface area contributed by atoms with E-state index in [0.717, 1.165) is 22.2 Å². The third-order valence-corrected chi connectivity index (χ3v) is 3.91. The lowest BCUT2D eigenvalue weighted by molar-refractivity contribution is -0.0498. The highest BCUT2D eigenvalue weighted by Crippen LogP contribution is 2.23. The molecule has 0 aliphatic carbocycles. The van der Waals surface area contributed by atoms with Gasteiger partial charge in [0.2, 0.25) is 0 Å². The van der Waals surface area contributed by atoms with Crippen molar-refractivity contribution in [2.45, 2.75) is 20.5 Å². The first-order valence-electron chi connectivity index (χ1n) is 7.39. The third-order valence-electron chi connectivity index (χ3n) is 3.91. The van der Waals surface area contributed by atoms with Gasteiger partial charge in [-0.2, -0.15) is 8.78 Å². The lowest BCUT2D eigenvalue weighted by atomic mass is 10.1. The molecular formula is C18H16F2N2O2. The molecule has 0 aliphatic rings. The van der Waals surface area contributed by atoms with E-state index >= 15 is 0 Å². The van der Waals surface area contributed by atoms with E-state index in [9.17, 15) is 13.6 Å². The Labute approximate surface area is 137 Å². The van der Waals surface area contributed by atoms with Crippen molar-refractivity contribution in [1.29, 1.82) is 0 Å². The number of hydrogen-bond acceptors (Lipinski definition) is 2. The maximum Gasteiger partial charge on any atom is 0.387 e. The number of H-pyrrole nitrogens is 1. The van der Waals surface area contributed by atoms with Crippen molar-refractivity contribution in [1.82, 2.24) is 4.98 Å². The van der Waals surface area contributed by atoms with E-state index in [0.29, 0.717) is 11.3 Å². The molecule has 3 rings (SSSR count). The zero-order valence-electron chi connectivity index (χ0n) is 13.2. The Morgan fingerprint density at radius 3 is 2.50 bits per heavy atom. The number of anilines is 1. The van der Waals surface area contributed by atoms with Crippen LogP contribution in [0, 0.1) is 13.8 Å². The Morgan fingerprint density at radius 2 is 1.83 bits per heavy atom. The van der Waals surface area contributed by atoms with Crippen molar-refractivity contribution in [2.24, 2.45) is 0 Å². The molecule has 2 aromatic carbocycles. The third kappa shape index (κ3) is 3.22. The Kier molecular flexibility index (Phi) is 4.20. The van der Waals surface area contributed by atoms with Gasteiger partial charge in [-0.3, -0.25) is 4.79 Å². The number of aromatic nitrogens is 1. The molecule has 6 heteroatoms. The molecule has 0 aliphatic heterocycles. The van der Waals surface area contributed by atoms with Gasteiger partial charge in [-0.1, -0.05) is 0 Å². The van der Waals surface area contributed by atoms with Gasteiger partial charge in [-0.25, -0.2) is 0 Å². The van der Waals surface area contributed by atoms with Gasteiger partial charge in [0, 0.05) is 27.8 Å². The highest BCUT2D eigenvalue weighted by Gasteiger charge is 2.11. The topological polar surface area (TPSA) is 54.1 Å². The molecule has 1 amide bonds. The van der Waals surface area contributed by atoms with Gasteiger partial charge >= 0.3 is 6.61 Å². The normalized spacial score (nSPS) is 11.0. The smallest absolute Gasteiger partial charge is 0.387 e. The minimum Gasteiger partial charge on any atom is -0.435 e. The van der Waals surface area contributed by atoms with Crippen molar-refractivity contribution in [3.63, 3.8) is 0 Å². The Hall–Kier alpha value is -2.89. The number of hydrogen-bond donors (Lipinski definition) is 2. The van der Waals surface area contributed by atoms with Crippen LogP contribution < -0.4 is 10.1 Å². The molecule has 24 heavy (non-hydrogen) atoms. The molecule has 0 fully saturated rings. The van der Waals surface area contributed by atoms with Crippen molar-refractivity contribution < 1.29 is 18.3 Å². The van der Waals surface area contributed by atoms with Crippen LogP contribution in [0.3, 0.4) is 0 Å². The van der Waals surface area contributed by atoms with E-state index in [4.69, 9.17) is 0 Å². The van der Waals surface area contributed by atoms with Crippen molar-refractivity contribution in [2.75, 3.05) is 5.32 Å². The summed E-state index contributed by atoms with van der Waals surface area (Å²) >= 11 is 0. The number of alkyl halides is 2. The van der Waals surface area contributed by atoms with Crippen LogP contribution in [0.15, 0.2) is 42.5 Å². The number of benzene rings is 2. The summed E-state index contributed by atoms with van der Waals surface area (Å²) in [6, 6.07) is 11.2. The number of aromatic amines is 1. The second kappa shape index (κ2) is 6.31. The molecule has 0 atom stereocenters. The number of ether oxygens (including phenoxy) is 1. The van der Waals surface area contributed by atoms with Gasteiger partial charge in [-0.15, -0.1) is 0 Å². The van der Waals surface area contributed by atoms with E-state index in [1.807, 2.05) is 26.0 Å². The molecular weight excluding hydrogens is 314 g/mol. The summed E-state index contributed by atoms with van der Waals surface area (Å²) in [5.74, 6) is -0.222. The Balaban J connectivity index is 1.78. The number of carbonyl (C=O) groups is 1. The average molecular weight is 330 g/mol. The quantitative estimate of drug-likeness (QED) is 0.732. The Bertz CT molecular complexity index is 886. The summed E-state index contributed by atoms with van der Waals surface area (Å²) in [6.45, 7) is 1.11. The summed E-state index contributed by atoms with van der Waals surface area (Å²) < 4.78 is 28.5. The fraction of sp³-hybridized carbons (Fsp3) is 0.167. The molecule has 3 aromatic rings. The zero-order valence-corrected chi connectivity index (χ0v) is 13.2. The minimum absolute atomic E-state index is 0.0443.